The fourth-order valence-corrected chi connectivity index (χ4v) is 3.40. The van der Waals surface area contributed by atoms with Gasteiger partial charge in [-0.25, -0.2) is 14.8 Å². The summed E-state index contributed by atoms with van der Waals surface area (Å²) in [7, 11) is 1.80. The molecule has 136 valence electrons. The number of fused-ring (bicyclic) bond motifs is 1. The van der Waals surface area contributed by atoms with Crippen molar-refractivity contribution in [1.29, 1.82) is 5.26 Å². The zero-order chi connectivity index (χ0) is 18.8. The van der Waals surface area contributed by atoms with Gasteiger partial charge in [0.05, 0.1) is 23.1 Å². The normalized spacial score (nSPS) is 16.3. The Bertz CT molecular complexity index is 1020. The van der Waals surface area contributed by atoms with Gasteiger partial charge in [-0.05, 0) is 30.7 Å². The lowest BCUT2D eigenvalue weighted by atomic mass is 10.2. The Kier molecular flexibility index (Phi) is 4.34. The third-order valence-electron chi connectivity index (χ3n) is 4.91. The van der Waals surface area contributed by atoms with E-state index in [1.165, 1.54) is 0 Å². The second-order valence-corrected chi connectivity index (χ2v) is 6.56. The molecule has 0 aliphatic carbocycles. The van der Waals surface area contributed by atoms with E-state index in [1.54, 1.807) is 42.5 Å². The highest BCUT2D eigenvalue weighted by molar-refractivity contribution is 5.90. The van der Waals surface area contributed by atoms with E-state index in [0.29, 0.717) is 17.8 Å². The van der Waals surface area contributed by atoms with Gasteiger partial charge in [0.2, 0.25) is 0 Å². The van der Waals surface area contributed by atoms with Gasteiger partial charge in [0.1, 0.15) is 17.8 Å². The molecule has 8 heteroatoms. The highest BCUT2D eigenvalue weighted by Gasteiger charge is 2.30. The molecule has 1 aromatic carbocycles. The molecule has 2 amide bonds. The summed E-state index contributed by atoms with van der Waals surface area (Å²) in [5.74, 6) is 0.888. The Morgan fingerprint density at radius 3 is 3.15 bits per heavy atom. The average molecular weight is 361 g/mol. The predicted octanol–water partition coefficient (Wildman–Crippen LogP) is 2.57. The number of hydrogen-bond donors (Lipinski definition) is 2. The van der Waals surface area contributed by atoms with Crippen LogP contribution in [0.4, 0.5) is 16.3 Å². The molecule has 1 saturated heterocycles. The number of amides is 2. The summed E-state index contributed by atoms with van der Waals surface area (Å²) in [5.41, 5.74) is 1.94. The monoisotopic (exact) mass is 361 g/mol. The van der Waals surface area contributed by atoms with Gasteiger partial charge in [-0.1, -0.05) is 6.07 Å². The molecule has 3 heterocycles. The SMILES string of the molecule is CN(C(=O)Nc1cccc(C#N)c1)C1CCN(c2ncnc3[nH]ccc23)C1. The summed E-state index contributed by atoms with van der Waals surface area (Å²) >= 11 is 0. The van der Waals surface area contributed by atoms with Crippen molar-refractivity contribution in [2.24, 2.45) is 0 Å². The van der Waals surface area contributed by atoms with Gasteiger partial charge >= 0.3 is 6.03 Å². The van der Waals surface area contributed by atoms with E-state index in [-0.39, 0.29) is 12.1 Å². The van der Waals surface area contributed by atoms with Crippen molar-refractivity contribution >= 4 is 28.6 Å². The molecule has 1 unspecified atom stereocenters. The number of nitrogens with zero attached hydrogens (tertiary/aromatic N) is 5. The van der Waals surface area contributed by atoms with Crippen LogP contribution in [0, 0.1) is 11.3 Å². The van der Waals surface area contributed by atoms with Crippen LogP contribution in [0.25, 0.3) is 11.0 Å². The molecule has 2 aromatic heterocycles. The molecule has 2 N–H and O–H groups in total. The molecule has 1 fully saturated rings. The van der Waals surface area contributed by atoms with Crippen LogP contribution in [-0.4, -0.2) is 52.1 Å². The van der Waals surface area contributed by atoms with Gasteiger partial charge in [0.15, 0.2) is 0 Å². The first-order valence-corrected chi connectivity index (χ1v) is 8.72. The third-order valence-corrected chi connectivity index (χ3v) is 4.91. The lowest BCUT2D eigenvalue weighted by Gasteiger charge is -2.25. The minimum absolute atomic E-state index is 0.0770. The van der Waals surface area contributed by atoms with Crippen molar-refractivity contribution in [2.75, 3.05) is 30.4 Å². The summed E-state index contributed by atoms with van der Waals surface area (Å²) in [4.78, 5) is 28.3. The molecule has 1 atom stereocenters. The van der Waals surface area contributed by atoms with Crippen molar-refractivity contribution < 1.29 is 4.79 Å². The number of likely N-dealkylation sites (N-methyl/N-ethyl adjacent to an activating group) is 1. The van der Waals surface area contributed by atoms with Gasteiger partial charge in [-0.3, -0.25) is 0 Å². The highest BCUT2D eigenvalue weighted by atomic mass is 16.2. The van der Waals surface area contributed by atoms with Gasteiger partial charge in [-0.15, -0.1) is 0 Å². The third kappa shape index (κ3) is 3.27. The van der Waals surface area contributed by atoms with E-state index in [4.69, 9.17) is 5.26 Å². The first-order valence-electron chi connectivity index (χ1n) is 8.72. The molecule has 1 aliphatic heterocycles. The van der Waals surface area contributed by atoms with Crippen LogP contribution in [-0.2, 0) is 0 Å². The molecule has 8 nitrogen and oxygen atoms in total. The molecular weight excluding hydrogens is 342 g/mol. The number of hydrogen-bond acceptors (Lipinski definition) is 5. The summed E-state index contributed by atoms with van der Waals surface area (Å²) in [6.45, 7) is 1.53. The van der Waals surface area contributed by atoms with Crippen molar-refractivity contribution in [1.82, 2.24) is 19.9 Å². The molecule has 4 rings (SSSR count). The Hall–Kier alpha value is -3.60. The molecule has 3 aromatic rings. The number of rotatable bonds is 3. The maximum absolute atomic E-state index is 12.6. The summed E-state index contributed by atoms with van der Waals surface area (Å²) < 4.78 is 0. The zero-order valence-corrected chi connectivity index (χ0v) is 14.9. The second-order valence-electron chi connectivity index (χ2n) is 6.56. The molecule has 27 heavy (non-hydrogen) atoms. The number of nitrogens with one attached hydrogen (secondary N) is 2. The fourth-order valence-electron chi connectivity index (χ4n) is 3.40. The number of urea groups is 1. The Balaban J connectivity index is 1.44. The van der Waals surface area contributed by atoms with Gasteiger partial charge < -0.3 is 20.1 Å². The van der Waals surface area contributed by atoms with E-state index in [0.717, 1.165) is 29.8 Å². The van der Waals surface area contributed by atoms with Crippen LogP contribution in [0.3, 0.4) is 0 Å². The van der Waals surface area contributed by atoms with E-state index in [9.17, 15) is 4.79 Å². The van der Waals surface area contributed by atoms with E-state index in [2.05, 4.69) is 31.2 Å². The van der Waals surface area contributed by atoms with Crippen LogP contribution >= 0.6 is 0 Å². The molecule has 0 saturated carbocycles. The first kappa shape index (κ1) is 16.8. The van der Waals surface area contributed by atoms with Crippen molar-refractivity contribution in [3.05, 3.63) is 48.4 Å². The van der Waals surface area contributed by atoms with Crippen LogP contribution in [0.5, 0.6) is 0 Å². The molecule has 0 radical (unpaired) electrons. The quantitative estimate of drug-likeness (QED) is 0.747. The van der Waals surface area contributed by atoms with Gasteiger partial charge in [-0.2, -0.15) is 5.26 Å². The van der Waals surface area contributed by atoms with E-state index >= 15 is 0 Å². The number of carbonyl (C=O) groups excluding carboxylic acids is 1. The van der Waals surface area contributed by atoms with Gasteiger partial charge in [0.25, 0.3) is 0 Å². The van der Waals surface area contributed by atoms with Crippen LogP contribution in [0.1, 0.15) is 12.0 Å². The number of anilines is 2. The van der Waals surface area contributed by atoms with Crippen LogP contribution in [0.2, 0.25) is 0 Å². The standard InChI is InChI=1S/C19H19N7O/c1-25(19(27)24-14-4-2-3-13(9-14)10-20)15-6-8-26(11-15)18-16-5-7-21-17(16)22-12-23-18/h2-5,7,9,12,15H,6,8,11H2,1H3,(H,24,27)(H,21,22,23). The molecule has 0 bridgehead atoms. The predicted molar refractivity (Wildman–Crippen MR) is 102 cm³/mol. The molecule has 1 aliphatic rings. The maximum atomic E-state index is 12.6. The first-order chi connectivity index (χ1) is 13.2. The second kappa shape index (κ2) is 6.96. The maximum Gasteiger partial charge on any atom is 0.321 e. The molecule has 0 spiro atoms. The van der Waals surface area contributed by atoms with E-state index in [1.807, 2.05) is 12.3 Å². The van der Waals surface area contributed by atoms with Crippen molar-refractivity contribution in [3.63, 3.8) is 0 Å². The summed E-state index contributed by atoms with van der Waals surface area (Å²) in [6, 6.07) is 10.8. The van der Waals surface area contributed by atoms with Crippen molar-refractivity contribution in [3.8, 4) is 6.07 Å². The zero-order valence-electron chi connectivity index (χ0n) is 14.9. The molecular formula is C19H19N7O. The Labute approximate surface area is 156 Å². The number of H-pyrrole nitrogens is 1. The topological polar surface area (TPSA) is 101 Å². The fraction of sp³-hybridized carbons (Fsp3) is 0.263. The number of carbonyl (C=O) groups is 1. The summed E-state index contributed by atoms with van der Waals surface area (Å²) in [6.07, 6.45) is 4.27. The number of benzene rings is 1. The smallest absolute Gasteiger partial charge is 0.321 e. The Morgan fingerprint density at radius 2 is 2.30 bits per heavy atom. The number of aromatic amines is 1. The number of aromatic nitrogens is 3. The van der Waals surface area contributed by atoms with Crippen LogP contribution in [0.15, 0.2) is 42.9 Å². The van der Waals surface area contributed by atoms with Crippen molar-refractivity contribution in [2.45, 2.75) is 12.5 Å². The minimum Gasteiger partial charge on any atom is -0.354 e. The number of nitriles is 1. The average Bonchev–Trinajstić information content (AvgIpc) is 3.36. The minimum atomic E-state index is -0.189. The lowest BCUT2D eigenvalue weighted by Crippen LogP contribution is -2.41. The highest BCUT2D eigenvalue weighted by Crippen LogP contribution is 2.27. The van der Waals surface area contributed by atoms with Crippen LogP contribution < -0.4 is 10.2 Å². The van der Waals surface area contributed by atoms with E-state index < -0.39 is 0 Å². The summed E-state index contributed by atoms with van der Waals surface area (Å²) in [5, 5.41) is 12.8. The Morgan fingerprint density at radius 1 is 1.41 bits per heavy atom. The van der Waals surface area contributed by atoms with Gasteiger partial charge in [0, 0.05) is 32.0 Å². The largest absolute Gasteiger partial charge is 0.354 e. The lowest BCUT2D eigenvalue weighted by molar-refractivity contribution is 0.208.